The summed E-state index contributed by atoms with van der Waals surface area (Å²) in [7, 11) is 1.44. The van der Waals surface area contributed by atoms with Gasteiger partial charge in [0.15, 0.2) is 18.1 Å². The lowest BCUT2D eigenvalue weighted by Gasteiger charge is -2.14. The molecule has 180 valence electrons. The van der Waals surface area contributed by atoms with Gasteiger partial charge < -0.3 is 14.8 Å². The first-order chi connectivity index (χ1) is 16.8. The number of para-hydroxylation sites is 1. The van der Waals surface area contributed by atoms with Crippen molar-refractivity contribution in [2.24, 2.45) is 5.10 Å². The highest BCUT2D eigenvalue weighted by molar-refractivity contribution is 9.10. The summed E-state index contributed by atoms with van der Waals surface area (Å²) in [5, 5.41) is 17.7. The van der Waals surface area contributed by atoms with Gasteiger partial charge in [0, 0.05) is 17.7 Å². The summed E-state index contributed by atoms with van der Waals surface area (Å²) in [5.74, 6) is -0.319. The molecule has 0 bridgehead atoms. The third-order valence-electron chi connectivity index (χ3n) is 4.47. The second-order valence-corrected chi connectivity index (χ2v) is 8.12. The van der Waals surface area contributed by atoms with Crippen LogP contribution in [0.4, 0.5) is 11.4 Å². The molecule has 0 aromatic heterocycles. The molecule has 12 heteroatoms. The van der Waals surface area contributed by atoms with Crippen LogP contribution in [0.3, 0.4) is 0 Å². The van der Waals surface area contributed by atoms with Crippen LogP contribution in [0.25, 0.3) is 0 Å². The predicted molar refractivity (Wildman–Crippen MR) is 134 cm³/mol. The largest absolute Gasteiger partial charge is 0.493 e. The molecule has 0 saturated heterocycles. The van der Waals surface area contributed by atoms with Crippen molar-refractivity contribution < 1.29 is 24.0 Å². The molecule has 3 rings (SSSR count). The number of carbonyl (C=O) groups excluding carboxylic acids is 2. The molecule has 2 amide bonds. The molecule has 0 aliphatic rings. The molecule has 0 unspecified atom stereocenters. The molecule has 0 radical (unpaired) electrons. The normalized spacial score (nSPS) is 10.6. The van der Waals surface area contributed by atoms with Crippen molar-refractivity contribution in [1.82, 2.24) is 5.43 Å². The summed E-state index contributed by atoms with van der Waals surface area (Å²) in [6.07, 6.45) is 1.38. The van der Waals surface area contributed by atoms with Gasteiger partial charge in [0.05, 0.1) is 33.4 Å². The average Bonchev–Trinajstić information content (AvgIpc) is 2.84. The number of ether oxygens (including phenoxy) is 2. The Balaban J connectivity index is 1.62. The Kier molecular flexibility index (Phi) is 8.76. The number of hydrogen-bond acceptors (Lipinski definition) is 7. The zero-order valence-corrected chi connectivity index (χ0v) is 20.5. The number of rotatable bonds is 9. The molecule has 35 heavy (non-hydrogen) atoms. The zero-order valence-electron chi connectivity index (χ0n) is 18.2. The maximum atomic E-state index is 12.2. The van der Waals surface area contributed by atoms with Gasteiger partial charge in [-0.25, -0.2) is 5.43 Å². The minimum Gasteiger partial charge on any atom is -0.493 e. The Morgan fingerprint density at radius 2 is 1.89 bits per heavy atom. The quantitative estimate of drug-likeness (QED) is 0.219. The van der Waals surface area contributed by atoms with Crippen LogP contribution in [-0.2, 0) is 4.79 Å². The van der Waals surface area contributed by atoms with E-state index < -0.39 is 16.7 Å². The summed E-state index contributed by atoms with van der Waals surface area (Å²) in [4.78, 5) is 34.6. The standard InChI is InChI=1S/C23H18BrClN4O6/c1-34-20-11-14(12-26-28-23(31)15-6-8-16(9-7-15)29(32)33)10-17(24)22(20)35-13-21(30)27-19-5-3-2-4-18(19)25/h2-12H,13H2,1H3,(H,27,30)(H,28,31)/b26-12+. The van der Waals surface area contributed by atoms with Gasteiger partial charge in [-0.2, -0.15) is 5.10 Å². The van der Waals surface area contributed by atoms with Crippen molar-refractivity contribution in [1.29, 1.82) is 0 Å². The van der Waals surface area contributed by atoms with Gasteiger partial charge in [0.25, 0.3) is 17.5 Å². The number of nitro groups is 1. The van der Waals surface area contributed by atoms with Gasteiger partial charge in [0.2, 0.25) is 0 Å². The molecule has 3 aromatic carbocycles. The maximum absolute atomic E-state index is 12.2. The number of anilines is 1. The van der Waals surface area contributed by atoms with Crippen molar-refractivity contribution >= 4 is 56.9 Å². The van der Waals surface area contributed by atoms with Crippen molar-refractivity contribution in [2.75, 3.05) is 19.0 Å². The van der Waals surface area contributed by atoms with Gasteiger partial charge in [-0.05, 0) is 57.9 Å². The summed E-state index contributed by atoms with van der Waals surface area (Å²) >= 11 is 9.42. The van der Waals surface area contributed by atoms with E-state index in [0.717, 1.165) is 0 Å². The molecule has 0 heterocycles. The SMILES string of the molecule is COc1cc(/C=N/NC(=O)c2ccc([N+](=O)[O-])cc2)cc(Br)c1OCC(=O)Nc1ccccc1Cl. The van der Waals surface area contributed by atoms with E-state index in [9.17, 15) is 19.7 Å². The van der Waals surface area contributed by atoms with E-state index in [0.29, 0.717) is 32.2 Å². The average molecular weight is 562 g/mol. The lowest BCUT2D eigenvalue weighted by atomic mass is 10.2. The molecule has 0 atom stereocenters. The number of hydrazone groups is 1. The van der Waals surface area contributed by atoms with E-state index in [2.05, 4.69) is 31.8 Å². The van der Waals surface area contributed by atoms with E-state index >= 15 is 0 Å². The van der Waals surface area contributed by atoms with E-state index in [4.69, 9.17) is 21.1 Å². The first-order valence-corrected chi connectivity index (χ1v) is 11.1. The smallest absolute Gasteiger partial charge is 0.271 e. The second kappa shape index (κ2) is 12.0. The molecular formula is C23H18BrClN4O6. The Hall–Kier alpha value is -3.96. The highest BCUT2D eigenvalue weighted by Gasteiger charge is 2.14. The number of hydrogen-bond donors (Lipinski definition) is 2. The monoisotopic (exact) mass is 560 g/mol. The zero-order chi connectivity index (χ0) is 25.4. The molecule has 0 aliphatic carbocycles. The van der Waals surface area contributed by atoms with Crippen molar-refractivity contribution in [3.63, 3.8) is 0 Å². The van der Waals surface area contributed by atoms with E-state index in [1.807, 2.05) is 0 Å². The Labute approximate surface area is 213 Å². The number of nitrogens with zero attached hydrogens (tertiary/aromatic N) is 2. The molecular weight excluding hydrogens is 544 g/mol. The van der Waals surface area contributed by atoms with Crippen LogP contribution in [0.15, 0.2) is 70.2 Å². The van der Waals surface area contributed by atoms with Crippen LogP contribution in [0.5, 0.6) is 11.5 Å². The fourth-order valence-corrected chi connectivity index (χ4v) is 3.56. The number of carbonyl (C=O) groups is 2. The fraction of sp³-hybridized carbons (Fsp3) is 0.0870. The van der Waals surface area contributed by atoms with E-state index in [-0.39, 0.29) is 17.9 Å². The van der Waals surface area contributed by atoms with Crippen LogP contribution < -0.4 is 20.2 Å². The number of methoxy groups -OCH3 is 1. The van der Waals surface area contributed by atoms with Crippen molar-refractivity contribution in [3.8, 4) is 11.5 Å². The lowest BCUT2D eigenvalue weighted by Crippen LogP contribution is -2.20. The third-order valence-corrected chi connectivity index (χ3v) is 5.39. The van der Waals surface area contributed by atoms with Gasteiger partial charge in [-0.1, -0.05) is 23.7 Å². The van der Waals surface area contributed by atoms with Gasteiger partial charge >= 0.3 is 0 Å². The topological polar surface area (TPSA) is 132 Å². The number of amides is 2. The lowest BCUT2D eigenvalue weighted by molar-refractivity contribution is -0.384. The summed E-state index contributed by atoms with van der Waals surface area (Å²) in [6, 6.07) is 15.2. The van der Waals surface area contributed by atoms with Crippen LogP contribution in [-0.4, -0.2) is 36.7 Å². The van der Waals surface area contributed by atoms with Crippen LogP contribution >= 0.6 is 27.5 Å². The van der Waals surface area contributed by atoms with Gasteiger partial charge in [0.1, 0.15) is 0 Å². The van der Waals surface area contributed by atoms with Crippen LogP contribution in [0.2, 0.25) is 5.02 Å². The molecule has 0 saturated carbocycles. The number of halogens is 2. The Morgan fingerprint density at radius 1 is 1.17 bits per heavy atom. The number of nitrogens with one attached hydrogen (secondary N) is 2. The highest BCUT2D eigenvalue weighted by Crippen LogP contribution is 2.36. The first-order valence-electron chi connectivity index (χ1n) is 9.91. The molecule has 2 N–H and O–H groups in total. The number of benzene rings is 3. The van der Waals surface area contributed by atoms with Gasteiger partial charge in [-0.15, -0.1) is 0 Å². The van der Waals surface area contributed by atoms with E-state index in [1.54, 1.807) is 36.4 Å². The van der Waals surface area contributed by atoms with E-state index in [1.165, 1.54) is 37.6 Å². The predicted octanol–water partition coefficient (Wildman–Crippen LogP) is 4.80. The maximum Gasteiger partial charge on any atom is 0.271 e. The Bertz CT molecular complexity index is 1280. The summed E-state index contributed by atoms with van der Waals surface area (Å²) < 4.78 is 11.5. The highest BCUT2D eigenvalue weighted by atomic mass is 79.9. The fourth-order valence-electron chi connectivity index (χ4n) is 2.81. The second-order valence-electron chi connectivity index (χ2n) is 6.85. The molecule has 10 nitrogen and oxygen atoms in total. The number of non-ortho nitro benzene ring substituents is 1. The minimum absolute atomic E-state index is 0.120. The molecule has 3 aromatic rings. The van der Waals surface area contributed by atoms with Crippen LogP contribution in [0.1, 0.15) is 15.9 Å². The third kappa shape index (κ3) is 7.01. The molecule has 0 spiro atoms. The number of nitro benzene ring substituents is 1. The minimum atomic E-state index is -0.552. The first kappa shape index (κ1) is 25.7. The van der Waals surface area contributed by atoms with Crippen molar-refractivity contribution in [2.45, 2.75) is 0 Å². The summed E-state index contributed by atoms with van der Waals surface area (Å²) in [6.45, 7) is -0.293. The van der Waals surface area contributed by atoms with Crippen molar-refractivity contribution in [3.05, 3.63) is 91.4 Å². The molecule has 0 aliphatic heterocycles. The van der Waals surface area contributed by atoms with Crippen LogP contribution in [0, 0.1) is 10.1 Å². The summed E-state index contributed by atoms with van der Waals surface area (Å²) in [5.41, 5.74) is 3.47. The van der Waals surface area contributed by atoms with Gasteiger partial charge in [-0.3, -0.25) is 19.7 Å². The molecule has 0 fully saturated rings. The Morgan fingerprint density at radius 3 is 2.54 bits per heavy atom.